The average molecular weight is 236 g/mol. The molecule has 0 aliphatic heterocycles. The van der Waals surface area contributed by atoms with Gasteiger partial charge in [-0.15, -0.1) is 0 Å². The Labute approximate surface area is 103 Å². The van der Waals surface area contributed by atoms with Crippen molar-refractivity contribution in [2.45, 2.75) is 0 Å². The van der Waals surface area contributed by atoms with Gasteiger partial charge in [0.1, 0.15) is 29.4 Å². The maximum absolute atomic E-state index is 8.88. The molecule has 0 radical (unpaired) electrons. The molecule has 0 amide bonds. The summed E-state index contributed by atoms with van der Waals surface area (Å²) in [6, 6.07) is 10.9. The SMILES string of the molecule is N#Cc1cc(N)nc(-c2coc3ccccc23)n1. The standard InChI is InChI=1S/C13H8N4O/c14-6-8-5-12(15)17-13(16-8)10-7-18-11-4-2-1-3-9(10)11/h1-5,7H,(H2,15,16,17). The second kappa shape index (κ2) is 3.86. The lowest BCUT2D eigenvalue weighted by atomic mass is 10.1. The average Bonchev–Trinajstić information content (AvgIpc) is 2.81. The van der Waals surface area contributed by atoms with Crippen molar-refractivity contribution >= 4 is 16.8 Å². The van der Waals surface area contributed by atoms with E-state index in [4.69, 9.17) is 15.4 Å². The molecule has 2 heterocycles. The maximum Gasteiger partial charge on any atom is 0.166 e. The molecule has 1 aromatic carbocycles. The van der Waals surface area contributed by atoms with Crippen molar-refractivity contribution in [2.24, 2.45) is 0 Å². The Bertz CT molecular complexity index is 770. The van der Waals surface area contributed by atoms with Crippen LogP contribution in [0, 0.1) is 11.3 Å². The zero-order chi connectivity index (χ0) is 12.5. The summed E-state index contributed by atoms with van der Waals surface area (Å²) >= 11 is 0. The molecule has 0 aliphatic carbocycles. The molecular weight excluding hydrogens is 228 g/mol. The van der Waals surface area contributed by atoms with Gasteiger partial charge >= 0.3 is 0 Å². The minimum absolute atomic E-state index is 0.239. The van der Waals surface area contributed by atoms with Crippen molar-refractivity contribution in [3.05, 3.63) is 42.3 Å². The number of benzene rings is 1. The third-order valence-corrected chi connectivity index (χ3v) is 2.58. The monoisotopic (exact) mass is 236 g/mol. The van der Waals surface area contributed by atoms with Crippen molar-refractivity contribution < 1.29 is 4.42 Å². The van der Waals surface area contributed by atoms with Crippen LogP contribution in [0.1, 0.15) is 5.69 Å². The lowest BCUT2D eigenvalue weighted by Gasteiger charge is -1.99. The highest BCUT2D eigenvalue weighted by molar-refractivity contribution is 5.92. The summed E-state index contributed by atoms with van der Waals surface area (Å²) in [5.41, 5.74) is 7.37. The van der Waals surface area contributed by atoms with Gasteiger partial charge in [0.2, 0.25) is 0 Å². The van der Waals surface area contributed by atoms with E-state index in [0.717, 1.165) is 16.5 Å². The summed E-state index contributed by atoms with van der Waals surface area (Å²) in [6.45, 7) is 0. The van der Waals surface area contributed by atoms with Crippen LogP contribution in [-0.4, -0.2) is 9.97 Å². The van der Waals surface area contributed by atoms with E-state index in [-0.39, 0.29) is 11.5 Å². The Morgan fingerprint density at radius 3 is 2.89 bits per heavy atom. The van der Waals surface area contributed by atoms with Crippen LogP contribution in [0.4, 0.5) is 5.82 Å². The molecule has 86 valence electrons. The fourth-order valence-corrected chi connectivity index (χ4v) is 1.79. The Balaban J connectivity index is 2.27. The minimum atomic E-state index is 0.239. The summed E-state index contributed by atoms with van der Waals surface area (Å²) in [5, 5.41) is 9.77. The van der Waals surface area contributed by atoms with E-state index in [2.05, 4.69) is 9.97 Å². The van der Waals surface area contributed by atoms with Crippen LogP contribution in [-0.2, 0) is 0 Å². The molecule has 0 fully saturated rings. The van der Waals surface area contributed by atoms with Gasteiger partial charge in [-0.25, -0.2) is 9.97 Å². The van der Waals surface area contributed by atoms with Crippen LogP contribution in [0.5, 0.6) is 0 Å². The number of anilines is 1. The van der Waals surface area contributed by atoms with E-state index < -0.39 is 0 Å². The van der Waals surface area contributed by atoms with Gasteiger partial charge in [0.05, 0.1) is 5.56 Å². The van der Waals surface area contributed by atoms with Crippen LogP contribution >= 0.6 is 0 Å². The van der Waals surface area contributed by atoms with E-state index >= 15 is 0 Å². The normalized spacial score (nSPS) is 10.4. The molecule has 0 spiro atoms. The molecule has 5 nitrogen and oxygen atoms in total. The fourth-order valence-electron chi connectivity index (χ4n) is 1.79. The third-order valence-electron chi connectivity index (χ3n) is 2.58. The minimum Gasteiger partial charge on any atom is -0.464 e. The number of nitrogens with zero attached hydrogens (tertiary/aromatic N) is 3. The van der Waals surface area contributed by atoms with Crippen molar-refractivity contribution in [2.75, 3.05) is 5.73 Å². The number of nitrogens with two attached hydrogens (primary N) is 1. The number of furan rings is 1. The second-order valence-electron chi connectivity index (χ2n) is 3.76. The second-order valence-corrected chi connectivity index (χ2v) is 3.76. The highest BCUT2D eigenvalue weighted by atomic mass is 16.3. The van der Waals surface area contributed by atoms with Crippen molar-refractivity contribution in [1.82, 2.24) is 9.97 Å². The number of rotatable bonds is 1. The summed E-state index contributed by atoms with van der Waals surface area (Å²) in [5.74, 6) is 0.665. The molecule has 5 heteroatoms. The molecule has 0 atom stereocenters. The molecule has 0 aliphatic rings. The summed E-state index contributed by atoms with van der Waals surface area (Å²) in [4.78, 5) is 8.26. The third kappa shape index (κ3) is 1.57. The zero-order valence-electron chi connectivity index (χ0n) is 9.29. The van der Waals surface area contributed by atoms with Crippen molar-refractivity contribution in [1.29, 1.82) is 5.26 Å². The highest BCUT2D eigenvalue weighted by Crippen LogP contribution is 2.28. The summed E-state index contributed by atoms with van der Waals surface area (Å²) in [6.07, 6.45) is 1.57. The lowest BCUT2D eigenvalue weighted by Crippen LogP contribution is -1.97. The van der Waals surface area contributed by atoms with Crippen LogP contribution in [0.25, 0.3) is 22.4 Å². The van der Waals surface area contributed by atoms with Crippen LogP contribution in [0.2, 0.25) is 0 Å². The maximum atomic E-state index is 8.88. The number of nitriles is 1. The Morgan fingerprint density at radius 1 is 1.22 bits per heavy atom. The number of aromatic nitrogens is 2. The first-order valence-corrected chi connectivity index (χ1v) is 5.29. The predicted octanol–water partition coefficient (Wildman–Crippen LogP) is 2.34. The van der Waals surface area contributed by atoms with Gasteiger partial charge in [0.25, 0.3) is 0 Å². The lowest BCUT2D eigenvalue weighted by molar-refractivity contribution is 0.616. The van der Waals surface area contributed by atoms with Gasteiger partial charge in [0.15, 0.2) is 5.82 Å². The molecule has 2 aromatic heterocycles. The van der Waals surface area contributed by atoms with Gasteiger partial charge in [-0.1, -0.05) is 18.2 Å². The van der Waals surface area contributed by atoms with Crippen molar-refractivity contribution in [3.8, 4) is 17.5 Å². The highest BCUT2D eigenvalue weighted by Gasteiger charge is 2.11. The van der Waals surface area contributed by atoms with E-state index in [1.54, 1.807) is 6.26 Å². The molecule has 0 bridgehead atoms. The number of para-hydroxylation sites is 1. The quantitative estimate of drug-likeness (QED) is 0.700. The zero-order valence-corrected chi connectivity index (χ0v) is 9.29. The molecule has 2 N–H and O–H groups in total. The number of hydrogen-bond donors (Lipinski definition) is 1. The van der Waals surface area contributed by atoms with Gasteiger partial charge in [0, 0.05) is 11.5 Å². The molecule has 0 unspecified atom stereocenters. The van der Waals surface area contributed by atoms with Gasteiger partial charge < -0.3 is 10.2 Å². The fraction of sp³-hybridized carbons (Fsp3) is 0. The first-order valence-electron chi connectivity index (χ1n) is 5.29. The van der Waals surface area contributed by atoms with E-state index in [9.17, 15) is 0 Å². The predicted molar refractivity (Wildman–Crippen MR) is 66.4 cm³/mol. The molecule has 18 heavy (non-hydrogen) atoms. The van der Waals surface area contributed by atoms with Crippen LogP contribution in [0.3, 0.4) is 0 Å². The number of hydrogen-bond acceptors (Lipinski definition) is 5. The topological polar surface area (TPSA) is 88.7 Å². The first-order chi connectivity index (χ1) is 8.78. The summed E-state index contributed by atoms with van der Waals surface area (Å²) in [7, 11) is 0. The first kappa shape index (κ1) is 10.3. The molecule has 0 saturated heterocycles. The Kier molecular flexibility index (Phi) is 2.21. The van der Waals surface area contributed by atoms with Gasteiger partial charge in [-0.05, 0) is 6.07 Å². The molecular formula is C13H8N4O. The van der Waals surface area contributed by atoms with Crippen LogP contribution < -0.4 is 5.73 Å². The van der Waals surface area contributed by atoms with E-state index in [1.165, 1.54) is 6.07 Å². The Hall–Kier alpha value is -2.87. The largest absolute Gasteiger partial charge is 0.464 e. The number of fused-ring (bicyclic) bond motifs is 1. The van der Waals surface area contributed by atoms with E-state index in [1.807, 2.05) is 30.3 Å². The van der Waals surface area contributed by atoms with Gasteiger partial charge in [-0.3, -0.25) is 0 Å². The van der Waals surface area contributed by atoms with E-state index in [0.29, 0.717) is 5.82 Å². The molecule has 3 rings (SSSR count). The molecule has 0 saturated carbocycles. The summed E-state index contributed by atoms with van der Waals surface area (Å²) < 4.78 is 5.41. The van der Waals surface area contributed by atoms with Gasteiger partial charge in [-0.2, -0.15) is 5.26 Å². The van der Waals surface area contributed by atoms with Crippen molar-refractivity contribution in [3.63, 3.8) is 0 Å². The van der Waals surface area contributed by atoms with Crippen LogP contribution in [0.15, 0.2) is 41.0 Å². The smallest absolute Gasteiger partial charge is 0.166 e. The Morgan fingerprint density at radius 2 is 2.06 bits per heavy atom. The molecule has 3 aromatic rings. The number of nitrogen functional groups attached to an aromatic ring is 1.